The molecule has 2 aromatic heterocycles. The van der Waals surface area contributed by atoms with Crippen LogP contribution in [0.1, 0.15) is 15.5 Å². The number of thiazole rings is 1. The third-order valence-electron chi connectivity index (χ3n) is 3.09. The van der Waals surface area contributed by atoms with E-state index in [1.165, 1.54) is 16.0 Å². The molecule has 1 N–H and O–H groups in total. The minimum atomic E-state index is -0.258. The van der Waals surface area contributed by atoms with Crippen LogP contribution in [0.2, 0.25) is 0 Å². The zero-order valence-electron chi connectivity index (χ0n) is 11.8. The number of amides is 1. The summed E-state index contributed by atoms with van der Waals surface area (Å²) in [6.07, 6.45) is 0. The number of fused-ring (bicyclic) bond motifs is 1. The number of carbonyl (C=O) groups excluding carboxylic acids is 1. The summed E-state index contributed by atoms with van der Waals surface area (Å²) in [6.45, 7) is 2.37. The minimum Gasteiger partial charge on any atom is -0.349 e. The standard InChI is InChI=1S/C14H13N5O2S/c1-9-16-12(8-22-9)13(20)15-6-7-19-14(21)10-4-2-3-5-11(10)17-18-19/h2-5,8H,6-7H2,1H3,(H,15,20). The Kier molecular flexibility index (Phi) is 3.92. The van der Waals surface area contributed by atoms with Gasteiger partial charge in [0.05, 0.1) is 16.9 Å². The maximum absolute atomic E-state index is 12.2. The SMILES string of the molecule is Cc1nc(C(=O)NCCn2nnc3ccccc3c2=O)cs1. The molecule has 0 saturated carbocycles. The van der Waals surface area contributed by atoms with E-state index in [4.69, 9.17) is 0 Å². The van der Waals surface area contributed by atoms with Crippen molar-refractivity contribution in [1.29, 1.82) is 0 Å². The Hall–Kier alpha value is -2.61. The highest BCUT2D eigenvalue weighted by atomic mass is 32.1. The minimum absolute atomic E-state index is 0.218. The van der Waals surface area contributed by atoms with Crippen LogP contribution in [-0.2, 0) is 6.54 Å². The zero-order valence-corrected chi connectivity index (χ0v) is 12.6. The fraction of sp³-hybridized carbons (Fsp3) is 0.214. The van der Waals surface area contributed by atoms with Gasteiger partial charge >= 0.3 is 0 Å². The van der Waals surface area contributed by atoms with Gasteiger partial charge in [0.25, 0.3) is 11.5 Å². The lowest BCUT2D eigenvalue weighted by molar-refractivity contribution is 0.0947. The molecule has 0 bridgehead atoms. The molecule has 0 unspecified atom stereocenters. The average molecular weight is 315 g/mol. The van der Waals surface area contributed by atoms with Crippen molar-refractivity contribution < 1.29 is 4.79 Å². The summed E-state index contributed by atoms with van der Waals surface area (Å²) in [6, 6.07) is 7.03. The molecular formula is C14H13N5O2S. The van der Waals surface area contributed by atoms with Gasteiger partial charge in [0.15, 0.2) is 0 Å². The van der Waals surface area contributed by atoms with Crippen LogP contribution in [0, 0.1) is 6.92 Å². The highest BCUT2D eigenvalue weighted by molar-refractivity contribution is 7.09. The monoisotopic (exact) mass is 315 g/mol. The number of carbonyl (C=O) groups is 1. The fourth-order valence-corrected chi connectivity index (χ4v) is 2.60. The Balaban J connectivity index is 1.68. The smallest absolute Gasteiger partial charge is 0.277 e. The fourth-order valence-electron chi connectivity index (χ4n) is 2.00. The van der Waals surface area contributed by atoms with E-state index in [2.05, 4.69) is 20.6 Å². The van der Waals surface area contributed by atoms with Crippen LogP contribution in [0.4, 0.5) is 0 Å². The molecule has 7 nitrogen and oxygen atoms in total. The molecule has 8 heteroatoms. The summed E-state index contributed by atoms with van der Waals surface area (Å²) in [5.41, 5.74) is 0.731. The van der Waals surface area contributed by atoms with Crippen LogP contribution in [0.5, 0.6) is 0 Å². The molecule has 0 saturated heterocycles. The van der Waals surface area contributed by atoms with E-state index in [1.54, 1.807) is 29.6 Å². The van der Waals surface area contributed by atoms with Gasteiger partial charge in [-0.1, -0.05) is 17.3 Å². The van der Waals surface area contributed by atoms with Crippen molar-refractivity contribution in [2.75, 3.05) is 6.54 Å². The summed E-state index contributed by atoms with van der Waals surface area (Å²) >= 11 is 1.42. The van der Waals surface area contributed by atoms with Crippen LogP contribution in [0.3, 0.4) is 0 Å². The number of aryl methyl sites for hydroxylation is 1. The van der Waals surface area contributed by atoms with Gasteiger partial charge in [0, 0.05) is 11.9 Å². The van der Waals surface area contributed by atoms with E-state index in [9.17, 15) is 9.59 Å². The van der Waals surface area contributed by atoms with Crippen LogP contribution < -0.4 is 10.9 Å². The van der Waals surface area contributed by atoms with Crippen LogP contribution in [-0.4, -0.2) is 32.4 Å². The number of rotatable bonds is 4. The number of aromatic nitrogens is 4. The molecule has 0 radical (unpaired) electrons. The number of benzene rings is 1. The third-order valence-corrected chi connectivity index (χ3v) is 3.86. The topological polar surface area (TPSA) is 89.8 Å². The van der Waals surface area contributed by atoms with E-state index in [-0.39, 0.29) is 24.6 Å². The molecule has 0 aliphatic carbocycles. The molecule has 3 rings (SSSR count). The molecule has 112 valence electrons. The Bertz CT molecular complexity index is 886. The van der Waals surface area contributed by atoms with Crippen molar-refractivity contribution in [2.45, 2.75) is 13.5 Å². The van der Waals surface area contributed by atoms with Crippen LogP contribution in [0.15, 0.2) is 34.4 Å². The third kappa shape index (κ3) is 2.86. The van der Waals surface area contributed by atoms with Crippen molar-refractivity contribution in [3.63, 3.8) is 0 Å². The van der Waals surface area contributed by atoms with Gasteiger partial charge in [-0.25, -0.2) is 9.67 Å². The second-order valence-corrected chi connectivity index (χ2v) is 5.70. The van der Waals surface area contributed by atoms with Crippen molar-refractivity contribution in [1.82, 2.24) is 25.3 Å². The summed E-state index contributed by atoms with van der Waals surface area (Å²) in [5.74, 6) is -0.258. The molecule has 1 aromatic carbocycles. The van der Waals surface area contributed by atoms with Crippen molar-refractivity contribution in [3.8, 4) is 0 Å². The first kappa shape index (κ1) is 14.3. The first-order valence-corrected chi connectivity index (χ1v) is 7.56. The van der Waals surface area contributed by atoms with Crippen LogP contribution in [0.25, 0.3) is 10.9 Å². The lowest BCUT2D eigenvalue weighted by Crippen LogP contribution is -2.32. The van der Waals surface area contributed by atoms with Gasteiger partial charge in [-0.15, -0.1) is 16.4 Å². The Morgan fingerprint density at radius 2 is 2.18 bits per heavy atom. The maximum atomic E-state index is 12.2. The number of nitrogens with zero attached hydrogens (tertiary/aromatic N) is 4. The van der Waals surface area contributed by atoms with Gasteiger partial charge in [-0.05, 0) is 19.1 Å². The summed E-state index contributed by atoms with van der Waals surface area (Å²) in [4.78, 5) is 28.2. The van der Waals surface area contributed by atoms with Crippen LogP contribution >= 0.6 is 11.3 Å². The van der Waals surface area contributed by atoms with Crippen molar-refractivity contribution >= 4 is 28.1 Å². The van der Waals surface area contributed by atoms with Gasteiger partial charge in [-0.2, -0.15) is 0 Å². The first-order chi connectivity index (χ1) is 10.6. The highest BCUT2D eigenvalue weighted by Crippen LogP contribution is 2.07. The van der Waals surface area contributed by atoms with Gasteiger partial charge < -0.3 is 5.32 Å². The molecule has 3 aromatic rings. The second-order valence-electron chi connectivity index (χ2n) is 4.64. The van der Waals surface area contributed by atoms with E-state index in [1.807, 2.05) is 6.92 Å². The molecule has 0 atom stereocenters. The van der Waals surface area contributed by atoms with Gasteiger partial charge in [-0.3, -0.25) is 9.59 Å². The normalized spacial score (nSPS) is 10.8. The van der Waals surface area contributed by atoms with Gasteiger partial charge in [0.2, 0.25) is 0 Å². The van der Waals surface area contributed by atoms with E-state index >= 15 is 0 Å². The molecule has 2 heterocycles. The molecule has 1 amide bonds. The first-order valence-electron chi connectivity index (χ1n) is 6.68. The number of hydrogen-bond acceptors (Lipinski definition) is 6. The Labute approximate surface area is 129 Å². The largest absolute Gasteiger partial charge is 0.349 e. The summed E-state index contributed by atoms with van der Waals surface area (Å²) in [7, 11) is 0. The predicted octanol–water partition coefficient (Wildman–Crippen LogP) is 0.986. The Morgan fingerprint density at radius 3 is 2.95 bits per heavy atom. The number of nitrogens with one attached hydrogen (secondary N) is 1. The Morgan fingerprint density at radius 1 is 1.36 bits per heavy atom. The second kappa shape index (κ2) is 6.02. The lowest BCUT2D eigenvalue weighted by atomic mass is 10.2. The van der Waals surface area contributed by atoms with Crippen molar-refractivity contribution in [3.05, 3.63) is 50.7 Å². The van der Waals surface area contributed by atoms with E-state index < -0.39 is 0 Å². The van der Waals surface area contributed by atoms with E-state index in [0.717, 1.165) is 5.01 Å². The van der Waals surface area contributed by atoms with Crippen molar-refractivity contribution in [2.24, 2.45) is 0 Å². The molecule has 22 heavy (non-hydrogen) atoms. The van der Waals surface area contributed by atoms with Gasteiger partial charge in [0.1, 0.15) is 11.2 Å². The summed E-state index contributed by atoms with van der Waals surface area (Å²) in [5, 5.41) is 13.6. The molecule has 0 aliphatic rings. The lowest BCUT2D eigenvalue weighted by Gasteiger charge is -2.05. The van der Waals surface area contributed by atoms with E-state index in [0.29, 0.717) is 16.6 Å². The highest BCUT2D eigenvalue weighted by Gasteiger charge is 2.09. The number of hydrogen-bond donors (Lipinski definition) is 1. The summed E-state index contributed by atoms with van der Waals surface area (Å²) < 4.78 is 1.24. The molecule has 0 aliphatic heterocycles. The molecule has 0 spiro atoms. The maximum Gasteiger partial charge on any atom is 0.277 e. The molecule has 0 fully saturated rings. The predicted molar refractivity (Wildman–Crippen MR) is 83.0 cm³/mol. The zero-order chi connectivity index (χ0) is 15.5. The quantitative estimate of drug-likeness (QED) is 0.775. The average Bonchev–Trinajstić information content (AvgIpc) is 2.96. The molecular weight excluding hydrogens is 302 g/mol.